The van der Waals surface area contributed by atoms with Crippen LogP contribution in [0.4, 0.5) is 0 Å². The number of ether oxygens (including phenoxy) is 1. The number of nitrogens with zero attached hydrogens (tertiary/aromatic N) is 2. The Kier molecular flexibility index (Phi) is 4.93. The molecule has 0 aliphatic heterocycles. The molecule has 4 heteroatoms. The van der Waals surface area contributed by atoms with E-state index in [2.05, 4.69) is 47.0 Å². The summed E-state index contributed by atoms with van der Waals surface area (Å²) in [5.74, 6) is 1.94. The van der Waals surface area contributed by atoms with Crippen LogP contribution in [0, 0.1) is 6.92 Å². The summed E-state index contributed by atoms with van der Waals surface area (Å²) in [5.41, 5.74) is 3.39. The molecule has 0 unspecified atom stereocenters. The van der Waals surface area contributed by atoms with Gasteiger partial charge in [-0.3, -0.25) is 4.90 Å². The highest BCUT2D eigenvalue weighted by Gasteiger charge is 2.06. The quantitative estimate of drug-likeness (QED) is 0.675. The molecule has 3 rings (SSSR count). The molecule has 0 fully saturated rings. The minimum Gasteiger partial charge on any atom is -0.494 e. The molecule has 0 aliphatic rings. The standard InChI is InChI=1S/C19H23N3O/c1-15-9-10-17-18(13-15)21-19(20-17)14-22(2)11-6-12-23-16-7-4-3-5-8-16/h3-5,7-10,13H,6,11-12,14H2,1-2H3,(H,20,21). The molecule has 1 N–H and O–H groups in total. The summed E-state index contributed by atoms with van der Waals surface area (Å²) in [7, 11) is 2.11. The lowest BCUT2D eigenvalue weighted by molar-refractivity contribution is 0.256. The third-order valence-electron chi connectivity index (χ3n) is 3.80. The molecule has 0 aliphatic carbocycles. The van der Waals surface area contributed by atoms with E-state index in [0.29, 0.717) is 0 Å². The first-order chi connectivity index (χ1) is 11.2. The van der Waals surface area contributed by atoms with Crippen LogP contribution >= 0.6 is 0 Å². The second-order valence-corrected chi connectivity index (χ2v) is 5.96. The zero-order chi connectivity index (χ0) is 16.1. The van der Waals surface area contributed by atoms with Gasteiger partial charge in [-0.1, -0.05) is 24.3 Å². The fourth-order valence-electron chi connectivity index (χ4n) is 2.63. The molecule has 0 radical (unpaired) electrons. The number of aromatic amines is 1. The van der Waals surface area contributed by atoms with Crippen molar-refractivity contribution in [3.8, 4) is 5.75 Å². The van der Waals surface area contributed by atoms with Gasteiger partial charge in [0, 0.05) is 6.54 Å². The van der Waals surface area contributed by atoms with E-state index >= 15 is 0 Å². The average molecular weight is 309 g/mol. The Hall–Kier alpha value is -2.33. The smallest absolute Gasteiger partial charge is 0.121 e. The molecule has 0 atom stereocenters. The molecular weight excluding hydrogens is 286 g/mol. The number of para-hydroxylation sites is 1. The van der Waals surface area contributed by atoms with Crippen LogP contribution in [0.2, 0.25) is 0 Å². The second kappa shape index (κ2) is 7.29. The predicted octanol–water partition coefficient (Wildman–Crippen LogP) is 3.77. The van der Waals surface area contributed by atoms with Crippen molar-refractivity contribution in [1.29, 1.82) is 0 Å². The minimum absolute atomic E-state index is 0.730. The molecule has 0 saturated heterocycles. The third kappa shape index (κ3) is 4.33. The summed E-state index contributed by atoms with van der Waals surface area (Å²) in [6.45, 7) is 4.62. The number of aryl methyl sites for hydroxylation is 1. The zero-order valence-electron chi connectivity index (χ0n) is 13.7. The van der Waals surface area contributed by atoms with E-state index in [9.17, 15) is 0 Å². The van der Waals surface area contributed by atoms with Crippen molar-refractivity contribution < 1.29 is 4.74 Å². The van der Waals surface area contributed by atoms with Crippen LogP contribution in [0.5, 0.6) is 5.75 Å². The number of hydrogen-bond acceptors (Lipinski definition) is 3. The Labute approximate surface area is 137 Å². The number of H-pyrrole nitrogens is 1. The molecular formula is C19H23N3O. The van der Waals surface area contributed by atoms with Crippen molar-refractivity contribution in [3.05, 3.63) is 59.9 Å². The fraction of sp³-hybridized carbons (Fsp3) is 0.316. The lowest BCUT2D eigenvalue weighted by Gasteiger charge is -2.15. The third-order valence-corrected chi connectivity index (χ3v) is 3.80. The van der Waals surface area contributed by atoms with Gasteiger partial charge < -0.3 is 9.72 Å². The van der Waals surface area contributed by atoms with Crippen molar-refractivity contribution in [3.63, 3.8) is 0 Å². The van der Waals surface area contributed by atoms with Crippen LogP contribution in [-0.2, 0) is 6.54 Å². The first-order valence-electron chi connectivity index (χ1n) is 8.02. The Balaban J connectivity index is 1.45. The van der Waals surface area contributed by atoms with Crippen molar-refractivity contribution >= 4 is 11.0 Å². The van der Waals surface area contributed by atoms with E-state index in [0.717, 1.165) is 48.7 Å². The molecule has 4 nitrogen and oxygen atoms in total. The van der Waals surface area contributed by atoms with Crippen LogP contribution < -0.4 is 4.74 Å². The Bertz CT molecular complexity index is 752. The van der Waals surface area contributed by atoms with Gasteiger partial charge in [0.1, 0.15) is 11.6 Å². The normalized spacial score (nSPS) is 11.3. The Morgan fingerprint density at radius 1 is 1.13 bits per heavy atom. The van der Waals surface area contributed by atoms with Crippen LogP contribution in [0.1, 0.15) is 17.8 Å². The number of rotatable bonds is 7. The van der Waals surface area contributed by atoms with Gasteiger partial charge in [-0.05, 0) is 50.2 Å². The van der Waals surface area contributed by atoms with Crippen molar-refractivity contribution in [2.24, 2.45) is 0 Å². The van der Waals surface area contributed by atoms with Crippen molar-refractivity contribution in [1.82, 2.24) is 14.9 Å². The van der Waals surface area contributed by atoms with E-state index < -0.39 is 0 Å². The van der Waals surface area contributed by atoms with Gasteiger partial charge in [0.05, 0.1) is 24.2 Å². The molecule has 1 aromatic heterocycles. The number of aromatic nitrogens is 2. The summed E-state index contributed by atoms with van der Waals surface area (Å²) in [6, 6.07) is 16.3. The molecule has 23 heavy (non-hydrogen) atoms. The highest BCUT2D eigenvalue weighted by atomic mass is 16.5. The molecule has 0 spiro atoms. The van der Waals surface area contributed by atoms with E-state index in [4.69, 9.17) is 4.74 Å². The van der Waals surface area contributed by atoms with E-state index in [1.807, 2.05) is 30.3 Å². The lowest BCUT2D eigenvalue weighted by atomic mass is 10.2. The van der Waals surface area contributed by atoms with Gasteiger partial charge in [-0.25, -0.2) is 4.98 Å². The van der Waals surface area contributed by atoms with Crippen LogP contribution in [0.3, 0.4) is 0 Å². The molecule has 1 heterocycles. The zero-order valence-corrected chi connectivity index (χ0v) is 13.7. The SMILES string of the molecule is Cc1ccc2nc(CN(C)CCCOc3ccccc3)[nH]c2c1. The maximum absolute atomic E-state index is 5.72. The minimum atomic E-state index is 0.730. The fourth-order valence-corrected chi connectivity index (χ4v) is 2.63. The Morgan fingerprint density at radius 3 is 2.78 bits per heavy atom. The van der Waals surface area contributed by atoms with Gasteiger partial charge in [0.25, 0.3) is 0 Å². The summed E-state index contributed by atoms with van der Waals surface area (Å²) in [6.07, 6.45) is 0.991. The first kappa shape index (κ1) is 15.6. The number of hydrogen-bond donors (Lipinski definition) is 1. The molecule has 120 valence electrons. The van der Waals surface area contributed by atoms with Crippen LogP contribution in [0.25, 0.3) is 11.0 Å². The lowest BCUT2D eigenvalue weighted by Crippen LogP contribution is -2.21. The van der Waals surface area contributed by atoms with Gasteiger partial charge in [0.15, 0.2) is 0 Å². The first-order valence-corrected chi connectivity index (χ1v) is 8.02. The van der Waals surface area contributed by atoms with Crippen LogP contribution in [0.15, 0.2) is 48.5 Å². The number of benzene rings is 2. The number of imidazole rings is 1. The Morgan fingerprint density at radius 2 is 1.96 bits per heavy atom. The highest BCUT2D eigenvalue weighted by molar-refractivity contribution is 5.75. The van der Waals surface area contributed by atoms with Crippen molar-refractivity contribution in [2.75, 3.05) is 20.2 Å². The maximum atomic E-state index is 5.72. The number of fused-ring (bicyclic) bond motifs is 1. The van der Waals surface area contributed by atoms with Crippen molar-refractivity contribution in [2.45, 2.75) is 19.9 Å². The van der Waals surface area contributed by atoms with E-state index in [1.54, 1.807) is 0 Å². The van der Waals surface area contributed by atoms with E-state index in [-0.39, 0.29) is 0 Å². The average Bonchev–Trinajstić information content (AvgIpc) is 2.94. The van der Waals surface area contributed by atoms with Crippen LogP contribution in [-0.4, -0.2) is 35.1 Å². The van der Waals surface area contributed by atoms with Gasteiger partial charge >= 0.3 is 0 Å². The second-order valence-electron chi connectivity index (χ2n) is 5.96. The van der Waals surface area contributed by atoms with E-state index in [1.165, 1.54) is 5.56 Å². The topological polar surface area (TPSA) is 41.2 Å². The molecule has 0 bridgehead atoms. The monoisotopic (exact) mass is 309 g/mol. The maximum Gasteiger partial charge on any atom is 0.121 e. The summed E-state index contributed by atoms with van der Waals surface area (Å²) in [5, 5.41) is 0. The largest absolute Gasteiger partial charge is 0.494 e. The summed E-state index contributed by atoms with van der Waals surface area (Å²) < 4.78 is 5.72. The van der Waals surface area contributed by atoms with Gasteiger partial charge in [-0.2, -0.15) is 0 Å². The predicted molar refractivity (Wildman–Crippen MR) is 93.7 cm³/mol. The summed E-state index contributed by atoms with van der Waals surface area (Å²) >= 11 is 0. The molecule has 2 aromatic carbocycles. The van der Waals surface area contributed by atoms with Gasteiger partial charge in [0.2, 0.25) is 0 Å². The van der Waals surface area contributed by atoms with Gasteiger partial charge in [-0.15, -0.1) is 0 Å². The number of nitrogens with one attached hydrogen (secondary N) is 1. The molecule has 0 saturated carbocycles. The summed E-state index contributed by atoms with van der Waals surface area (Å²) in [4.78, 5) is 10.3. The molecule has 3 aromatic rings. The molecule has 0 amide bonds. The highest BCUT2D eigenvalue weighted by Crippen LogP contribution is 2.14.